The summed E-state index contributed by atoms with van der Waals surface area (Å²) in [4.78, 5) is 9.51. The normalized spacial score (nSPS) is 25.9. The highest BCUT2D eigenvalue weighted by Gasteiger charge is 2.23. The molecule has 3 nitrogen and oxygen atoms in total. The quantitative estimate of drug-likeness (QED) is 0.863. The SMILES string of the molecule is c1cnc2c(c1)nc(CC1CCSC1)n2CC1CCSC1. The Balaban J connectivity index is 1.65. The van der Waals surface area contributed by atoms with E-state index < -0.39 is 0 Å². The lowest BCUT2D eigenvalue weighted by atomic mass is 10.0. The lowest BCUT2D eigenvalue weighted by Crippen LogP contribution is -2.15. The summed E-state index contributed by atoms with van der Waals surface area (Å²) in [7, 11) is 0. The van der Waals surface area contributed by atoms with E-state index in [-0.39, 0.29) is 0 Å². The second-order valence-electron chi connectivity index (χ2n) is 6.15. The van der Waals surface area contributed by atoms with E-state index in [4.69, 9.17) is 4.98 Å². The highest BCUT2D eigenvalue weighted by atomic mass is 32.2. The van der Waals surface area contributed by atoms with Crippen molar-refractivity contribution in [1.29, 1.82) is 0 Å². The third-order valence-corrected chi connectivity index (χ3v) is 7.01. The van der Waals surface area contributed by atoms with Gasteiger partial charge in [-0.3, -0.25) is 0 Å². The summed E-state index contributed by atoms with van der Waals surface area (Å²) in [6.07, 6.45) is 5.72. The van der Waals surface area contributed by atoms with Crippen LogP contribution in [0.2, 0.25) is 0 Å². The molecule has 2 aromatic heterocycles. The first-order chi connectivity index (χ1) is 10.4. The zero-order chi connectivity index (χ0) is 14.1. The first-order valence-corrected chi connectivity index (χ1v) is 10.2. The molecule has 5 heteroatoms. The fourth-order valence-corrected chi connectivity index (χ4v) is 5.90. The standard InChI is InChI=1S/C16H21N3S2/c1-2-14-16(17-5-1)19(9-13-4-7-21-11-13)15(18-14)8-12-3-6-20-10-12/h1-2,5,12-13H,3-4,6-11H2. The summed E-state index contributed by atoms with van der Waals surface area (Å²) in [5.41, 5.74) is 2.17. The van der Waals surface area contributed by atoms with Crippen LogP contribution in [0, 0.1) is 11.8 Å². The van der Waals surface area contributed by atoms with Crippen molar-refractivity contribution >= 4 is 34.7 Å². The van der Waals surface area contributed by atoms with Gasteiger partial charge in [0.1, 0.15) is 11.3 Å². The fourth-order valence-electron chi connectivity index (χ4n) is 3.34. The maximum Gasteiger partial charge on any atom is 0.159 e. The Morgan fingerprint density at radius 2 is 1.95 bits per heavy atom. The number of pyridine rings is 1. The van der Waals surface area contributed by atoms with Gasteiger partial charge in [-0.05, 0) is 59.8 Å². The van der Waals surface area contributed by atoms with Gasteiger partial charge in [0.2, 0.25) is 0 Å². The molecule has 21 heavy (non-hydrogen) atoms. The molecule has 2 unspecified atom stereocenters. The Morgan fingerprint density at radius 1 is 1.14 bits per heavy atom. The largest absolute Gasteiger partial charge is 0.312 e. The molecular formula is C16H21N3S2. The van der Waals surface area contributed by atoms with Gasteiger partial charge >= 0.3 is 0 Å². The lowest BCUT2D eigenvalue weighted by molar-refractivity contribution is 0.470. The Kier molecular flexibility index (Phi) is 4.12. The monoisotopic (exact) mass is 319 g/mol. The van der Waals surface area contributed by atoms with Gasteiger partial charge in [-0.25, -0.2) is 9.97 Å². The second-order valence-corrected chi connectivity index (χ2v) is 8.45. The molecule has 0 amide bonds. The average Bonchev–Trinajstić information content (AvgIpc) is 3.23. The van der Waals surface area contributed by atoms with Crippen LogP contribution in [0.4, 0.5) is 0 Å². The average molecular weight is 319 g/mol. The number of hydrogen-bond acceptors (Lipinski definition) is 4. The molecule has 0 radical (unpaired) electrons. The third-order valence-electron chi connectivity index (χ3n) is 4.54. The predicted molar refractivity (Wildman–Crippen MR) is 92.1 cm³/mol. The molecule has 2 saturated heterocycles. The molecule has 0 N–H and O–H groups in total. The Bertz CT molecular complexity index is 613. The van der Waals surface area contributed by atoms with Crippen molar-refractivity contribution in [2.75, 3.05) is 23.0 Å². The first-order valence-electron chi connectivity index (χ1n) is 7.86. The van der Waals surface area contributed by atoms with Crippen LogP contribution in [0.1, 0.15) is 18.7 Å². The zero-order valence-corrected chi connectivity index (χ0v) is 13.8. The van der Waals surface area contributed by atoms with Crippen molar-refractivity contribution in [2.24, 2.45) is 11.8 Å². The number of nitrogens with zero attached hydrogens (tertiary/aromatic N) is 3. The molecule has 0 aromatic carbocycles. The Labute approximate surface area is 134 Å². The van der Waals surface area contributed by atoms with Gasteiger partial charge in [-0.2, -0.15) is 23.5 Å². The lowest BCUT2D eigenvalue weighted by Gasteiger charge is -2.15. The van der Waals surface area contributed by atoms with Gasteiger partial charge in [0.15, 0.2) is 5.65 Å². The zero-order valence-electron chi connectivity index (χ0n) is 12.2. The maximum absolute atomic E-state index is 4.90. The Hall–Kier alpha value is -0.680. The minimum atomic E-state index is 0.797. The van der Waals surface area contributed by atoms with Gasteiger partial charge in [-0.1, -0.05) is 0 Å². The van der Waals surface area contributed by atoms with Crippen molar-refractivity contribution in [2.45, 2.75) is 25.8 Å². The van der Waals surface area contributed by atoms with Crippen LogP contribution in [0.25, 0.3) is 11.2 Å². The minimum absolute atomic E-state index is 0.797. The second kappa shape index (κ2) is 6.21. The molecule has 0 bridgehead atoms. The van der Waals surface area contributed by atoms with Gasteiger partial charge < -0.3 is 4.57 Å². The topological polar surface area (TPSA) is 30.7 Å². The minimum Gasteiger partial charge on any atom is -0.312 e. The van der Waals surface area contributed by atoms with Crippen LogP contribution in [-0.4, -0.2) is 37.5 Å². The van der Waals surface area contributed by atoms with Crippen molar-refractivity contribution in [3.8, 4) is 0 Å². The van der Waals surface area contributed by atoms with Crippen LogP contribution < -0.4 is 0 Å². The van der Waals surface area contributed by atoms with Crippen molar-refractivity contribution < 1.29 is 0 Å². The molecule has 0 saturated carbocycles. The van der Waals surface area contributed by atoms with E-state index >= 15 is 0 Å². The van der Waals surface area contributed by atoms with Gasteiger partial charge in [0.05, 0.1) is 0 Å². The van der Waals surface area contributed by atoms with Crippen LogP contribution in [0.3, 0.4) is 0 Å². The summed E-state index contributed by atoms with van der Waals surface area (Å²) in [6.45, 7) is 1.11. The van der Waals surface area contributed by atoms with E-state index in [0.717, 1.165) is 36.0 Å². The van der Waals surface area contributed by atoms with E-state index in [2.05, 4.69) is 39.1 Å². The molecule has 2 fully saturated rings. The number of hydrogen-bond donors (Lipinski definition) is 0. The van der Waals surface area contributed by atoms with Gasteiger partial charge in [0, 0.05) is 19.2 Å². The summed E-state index contributed by atoms with van der Waals surface area (Å²) in [6, 6.07) is 4.11. The highest BCUT2D eigenvalue weighted by molar-refractivity contribution is 7.99. The maximum atomic E-state index is 4.90. The highest BCUT2D eigenvalue weighted by Crippen LogP contribution is 2.30. The summed E-state index contributed by atoms with van der Waals surface area (Å²) >= 11 is 4.18. The van der Waals surface area contributed by atoms with E-state index in [1.165, 1.54) is 41.7 Å². The van der Waals surface area contributed by atoms with Crippen molar-refractivity contribution in [1.82, 2.24) is 14.5 Å². The van der Waals surface area contributed by atoms with Crippen LogP contribution >= 0.6 is 23.5 Å². The molecule has 0 spiro atoms. The molecule has 2 atom stereocenters. The molecule has 112 valence electrons. The number of aromatic nitrogens is 3. The molecule has 2 aromatic rings. The Morgan fingerprint density at radius 3 is 2.71 bits per heavy atom. The summed E-state index contributed by atoms with van der Waals surface area (Å²) < 4.78 is 2.43. The fraction of sp³-hybridized carbons (Fsp3) is 0.625. The number of rotatable bonds is 4. The molecule has 2 aliphatic rings. The van der Waals surface area contributed by atoms with Crippen LogP contribution in [0.5, 0.6) is 0 Å². The van der Waals surface area contributed by atoms with Gasteiger partial charge in [0.25, 0.3) is 0 Å². The number of fused-ring (bicyclic) bond motifs is 1. The smallest absolute Gasteiger partial charge is 0.159 e. The van der Waals surface area contributed by atoms with E-state index in [1.807, 2.05) is 12.3 Å². The van der Waals surface area contributed by atoms with Crippen molar-refractivity contribution in [3.63, 3.8) is 0 Å². The van der Waals surface area contributed by atoms with Crippen LogP contribution in [-0.2, 0) is 13.0 Å². The predicted octanol–water partition coefficient (Wildman–Crippen LogP) is 3.48. The molecular weight excluding hydrogens is 298 g/mol. The van der Waals surface area contributed by atoms with E-state index in [1.54, 1.807) is 0 Å². The number of thioether (sulfide) groups is 2. The summed E-state index contributed by atoms with van der Waals surface area (Å²) in [5.74, 6) is 8.12. The van der Waals surface area contributed by atoms with Gasteiger partial charge in [-0.15, -0.1) is 0 Å². The summed E-state index contributed by atoms with van der Waals surface area (Å²) in [5, 5.41) is 0. The molecule has 2 aliphatic heterocycles. The molecule has 4 heterocycles. The van der Waals surface area contributed by atoms with Crippen molar-refractivity contribution in [3.05, 3.63) is 24.2 Å². The number of imidazole rings is 1. The first kappa shape index (κ1) is 13.9. The molecule has 4 rings (SSSR count). The van der Waals surface area contributed by atoms with Crippen LogP contribution in [0.15, 0.2) is 18.3 Å². The third kappa shape index (κ3) is 2.95. The molecule has 0 aliphatic carbocycles. The van der Waals surface area contributed by atoms with E-state index in [0.29, 0.717) is 0 Å². The van der Waals surface area contributed by atoms with E-state index in [9.17, 15) is 0 Å².